The Kier molecular flexibility index (Phi) is 6.54. The maximum atomic E-state index is 11.8. The molecule has 0 aliphatic carbocycles. The predicted molar refractivity (Wildman–Crippen MR) is 72.0 cm³/mol. The summed E-state index contributed by atoms with van der Waals surface area (Å²) >= 11 is 0. The van der Waals surface area contributed by atoms with Crippen LogP contribution in [-0.2, 0) is 4.74 Å². The van der Waals surface area contributed by atoms with Gasteiger partial charge < -0.3 is 20.5 Å². The molecule has 0 heterocycles. The molecule has 8 heteroatoms. The van der Waals surface area contributed by atoms with Gasteiger partial charge in [-0.25, -0.2) is 18.4 Å². The number of carboxylic acids is 1. The molecule has 1 aromatic carbocycles. The Morgan fingerprint density at radius 3 is 2.67 bits per heavy atom. The van der Waals surface area contributed by atoms with Crippen LogP contribution in [0, 0.1) is 6.92 Å². The summed E-state index contributed by atoms with van der Waals surface area (Å²) in [5.74, 6) is -1.05. The third-order valence-electron chi connectivity index (χ3n) is 2.50. The second-order valence-electron chi connectivity index (χ2n) is 4.18. The van der Waals surface area contributed by atoms with Gasteiger partial charge >= 0.3 is 12.0 Å². The number of halogens is 2. The number of carbonyl (C=O) groups is 2. The Bertz CT molecular complexity index is 509. The largest absolute Gasteiger partial charge is 0.478 e. The Balaban J connectivity index is 2.39. The average Bonchev–Trinajstić information content (AvgIpc) is 2.40. The fourth-order valence-electron chi connectivity index (χ4n) is 1.51. The van der Waals surface area contributed by atoms with E-state index in [2.05, 4.69) is 15.4 Å². The SMILES string of the molecule is Cc1cc(C(=O)O)ccc1NC(=O)NCCOCC(F)F. The lowest BCUT2D eigenvalue weighted by atomic mass is 10.1. The van der Waals surface area contributed by atoms with Crippen molar-refractivity contribution in [1.29, 1.82) is 0 Å². The molecule has 0 radical (unpaired) electrons. The lowest BCUT2D eigenvalue weighted by Crippen LogP contribution is -2.32. The van der Waals surface area contributed by atoms with Gasteiger partial charge in [-0.05, 0) is 30.7 Å². The van der Waals surface area contributed by atoms with Gasteiger partial charge in [-0.3, -0.25) is 0 Å². The number of carboxylic acid groups (broad SMARTS) is 1. The molecule has 6 nitrogen and oxygen atoms in total. The first-order valence-electron chi connectivity index (χ1n) is 6.15. The number of rotatable bonds is 7. The number of ether oxygens (including phenoxy) is 1. The van der Waals surface area contributed by atoms with Gasteiger partial charge in [-0.2, -0.15) is 0 Å². The molecule has 0 bridgehead atoms. The Labute approximate surface area is 120 Å². The highest BCUT2D eigenvalue weighted by Crippen LogP contribution is 2.16. The number of hydrogen-bond donors (Lipinski definition) is 3. The van der Waals surface area contributed by atoms with Crippen LogP contribution in [0.3, 0.4) is 0 Å². The van der Waals surface area contributed by atoms with Gasteiger partial charge in [0.1, 0.15) is 6.61 Å². The van der Waals surface area contributed by atoms with E-state index >= 15 is 0 Å². The molecule has 0 saturated carbocycles. The van der Waals surface area contributed by atoms with Gasteiger partial charge in [-0.1, -0.05) is 0 Å². The zero-order valence-electron chi connectivity index (χ0n) is 11.4. The summed E-state index contributed by atoms with van der Waals surface area (Å²) in [6.45, 7) is 1.06. The monoisotopic (exact) mass is 302 g/mol. The van der Waals surface area contributed by atoms with Gasteiger partial charge in [0.15, 0.2) is 0 Å². The molecule has 0 aliphatic rings. The maximum Gasteiger partial charge on any atom is 0.335 e. The number of hydrogen-bond acceptors (Lipinski definition) is 3. The number of urea groups is 1. The number of benzene rings is 1. The van der Waals surface area contributed by atoms with Crippen molar-refractivity contribution in [3.8, 4) is 0 Å². The van der Waals surface area contributed by atoms with Crippen molar-refractivity contribution in [2.75, 3.05) is 25.1 Å². The van der Waals surface area contributed by atoms with Crippen LogP contribution in [0.2, 0.25) is 0 Å². The minimum Gasteiger partial charge on any atom is -0.478 e. The minimum absolute atomic E-state index is 0.0192. The summed E-state index contributed by atoms with van der Waals surface area (Å²) in [7, 11) is 0. The number of alkyl halides is 2. The van der Waals surface area contributed by atoms with E-state index in [1.165, 1.54) is 18.2 Å². The molecule has 0 atom stereocenters. The molecular weight excluding hydrogens is 286 g/mol. The van der Waals surface area contributed by atoms with Gasteiger partial charge in [0.25, 0.3) is 6.43 Å². The average molecular weight is 302 g/mol. The minimum atomic E-state index is -2.53. The van der Waals surface area contributed by atoms with Gasteiger partial charge in [-0.15, -0.1) is 0 Å². The van der Waals surface area contributed by atoms with Crippen molar-refractivity contribution in [1.82, 2.24) is 5.32 Å². The van der Waals surface area contributed by atoms with Gasteiger partial charge in [0.2, 0.25) is 0 Å². The molecule has 2 amide bonds. The standard InChI is InChI=1S/C13H16F2N2O4/c1-8-6-9(12(18)19)2-3-10(8)17-13(20)16-4-5-21-7-11(14)15/h2-3,6,11H,4-5,7H2,1H3,(H,18,19)(H2,16,17,20). The van der Waals surface area contributed by atoms with E-state index in [0.29, 0.717) is 11.3 Å². The highest BCUT2D eigenvalue weighted by atomic mass is 19.3. The van der Waals surface area contributed by atoms with Crippen molar-refractivity contribution in [2.45, 2.75) is 13.3 Å². The molecule has 0 fully saturated rings. The number of nitrogens with one attached hydrogen (secondary N) is 2. The van der Waals surface area contributed by atoms with Crippen LogP contribution in [0.4, 0.5) is 19.3 Å². The summed E-state index contributed by atoms with van der Waals surface area (Å²) in [5.41, 5.74) is 1.18. The Morgan fingerprint density at radius 2 is 2.10 bits per heavy atom. The third-order valence-corrected chi connectivity index (χ3v) is 2.50. The van der Waals surface area contributed by atoms with Crippen LogP contribution < -0.4 is 10.6 Å². The van der Waals surface area contributed by atoms with Crippen molar-refractivity contribution >= 4 is 17.7 Å². The maximum absolute atomic E-state index is 11.8. The molecule has 0 saturated heterocycles. The lowest BCUT2D eigenvalue weighted by Gasteiger charge is -2.10. The van der Waals surface area contributed by atoms with Crippen molar-refractivity contribution in [2.24, 2.45) is 0 Å². The molecule has 0 unspecified atom stereocenters. The van der Waals surface area contributed by atoms with Crippen LogP contribution in [0.1, 0.15) is 15.9 Å². The molecule has 0 spiro atoms. The first-order chi connectivity index (χ1) is 9.90. The Hall–Kier alpha value is -2.22. The highest BCUT2D eigenvalue weighted by molar-refractivity contribution is 5.92. The van der Waals surface area contributed by atoms with Crippen molar-refractivity contribution in [3.05, 3.63) is 29.3 Å². The number of anilines is 1. The molecule has 1 rings (SSSR count). The van der Waals surface area contributed by atoms with E-state index < -0.39 is 25.0 Å². The molecular formula is C13H16F2N2O4. The summed E-state index contributed by atoms with van der Waals surface area (Å²) in [4.78, 5) is 22.3. The Morgan fingerprint density at radius 1 is 1.38 bits per heavy atom. The fraction of sp³-hybridized carbons (Fsp3) is 0.385. The predicted octanol–water partition coefficient (Wildman–Crippen LogP) is 2.10. The van der Waals surface area contributed by atoms with E-state index in [9.17, 15) is 18.4 Å². The highest BCUT2D eigenvalue weighted by Gasteiger charge is 2.08. The lowest BCUT2D eigenvalue weighted by molar-refractivity contribution is 0.0194. The number of aromatic carboxylic acids is 1. The first kappa shape index (κ1) is 16.8. The van der Waals surface area contributed by atoms with Gasteiger partial charge in [0, 0.05) is 12.2 Å². The quantitative estimate of drug-likeness (QED) is 0.673. The van der Waals surface area contributed by atoms with E-state index in [-0.39, 0.29) is 18.7 Å². The van der Waals surface area contributed by atoms with Crippen LogP contribution in [-0.4, -0.2) is 43.3 Å². The summed E-state index contributed by atoms with van der Waals surface area (Å²) in [6, 6.07) is 3.76. The van der Waals surface area contributed by atoms with Crippen LogP contribution >= 0.6 is 0 Å². The number of aryl methyl sites for hydroxylation is 1. The smallest absolute Gasteiger partial charge is 0.335 e. The van der Waals surface area contributed by atoms with Crippen LogP contribution in [0.25, 0.3) is 0 Å². The molecule has 1 aromatic rings. The zero-order valence-corrected chi connectivity index (χ0v) is 11.4. The molecule has 116 valence electrons. The van der Waals surface area contributed by atoms with E-state index in [1.54, 1.807) is 6.92 Å². The van der Waals surface area contributed by atoms with E-state index in [4.69, 9.17) is 5.11 Å². The van der Waals surface area contributed by atoms with Crippen LogP contribution in [0.15, 0.2) is 18.2 Å². The number of carbonyl (C=O) groups excluding carboxylic acids is 1. The molecule has 3 N–H and O–H groups in total. The van der Waals surface area contributed by atoms with Crippen molar-refractivity contribution < 1.29 is 28.2 Å². The molecule has 21 heavy (non-hydrogen) atoms. The van der Waals surface area contributed by atoms with Crippen LogP contribution in [0.5, 0.6) is 0 Å². The van der Waals surface area contributed by atoms with E-state index in [0.717, 1.165) is 0 Å². The summed E-state index contributed by atoms with van der Waals surface area (Å²) < 4.78 is 28.2. The molecule has 0 aliphatic heterocycles. The molecule has 0 aromatic heterocycles. The first-order valence-corrected chi connectivity index (χ1v) is 6.15. The fourth-order valence-corrected chi connectivity index (χ4v) is 1.51. The topological polar surface area (TPSA) is 87.7 Å². The zero-order chi connectivity index (χ0) is 15.8. The number of amides is 2. The summed E-state index contributed by atoms with van der Waals surface area (Å²) in [5, 5.41) is 13.8. The summed E-state index contributed by atoms with van der Waals surface area (Å²) in [6.07, 6.45) is -2.53. The second-order valence-corrected chi connectivity index (χ2v) is 4.18. The third kappa shape index (κ3) is 6.17. The van der Waals surface area contributed by atoms with Crippen molar-refractivity contribution in [3.63, 3.8) is 0 Å². The van der Waals surface area contributed by atoms with Gasteiger partial charge in [0.05, 0.1) is 12.2 Å². The second kappa shape index (κ2) is 8.15. The van der Waals surface area contributed by atoms with E-state index in [1.807, 2.05) is 0 Å². The normalized spacial score (nSPS) is 10.5.